The molecule has 4 rings (SSSR count). The molecule has 0 amide bonds. The Kier molecular flexibility index (Phi) is 4.54. The number of aromatic nitrogens is 1. The zero-order chi connectivity index (χ0) is 18.1. The molecule has 0 aliphatic carbocycles. The van der Waals surface area contributed by atoms with Crippen LogP contribution in [0.25, 0.3) is 0 Å². The normalized spacial score (nSPS) is 30.4. The van der Waals surface area contributed by atoms with Crippen molar-refractivity contribution < 1.29 is 24.4 Å². The molecule has 2 N–H and O–H groups in total. The largest absolute Gasteiger partial charge is 0.508 e. The lowest BCUT2D eigenvalue weighted by Crippen LogP contribution is -2.43. The van der Waals surface area contributed by atoms with Crippen LogP contribution in [0.2, 0.25) is 0 Å². The van der Waals surface area contributed by atoms with Gasteiger partial charge in [0, 0.05) is 18.7 Å². The van der Waals surface area contributed by atoms with E-state index >= 15 is 0 Å². The Bertz CT molecular complexity index is 822. The van der Waals surface area contributed by atoms with Crippen molar-refractivity contribution in [2.24, 2.45) is 0 Å². The molecule has 1 aromatic heterocycles. The van der Waals surface area contributed by atoms with Gasteiger partial charge in [-0.2, -0.15) is 0 Å². The molecule has 4 atom stereocenters. The van der Waals surface area contributed by atoms with Gasteiger partial charge in [-0.25, -0.2) is 0 Å². The van der Waals surface area contributed by atoms with Crippen LogP contribution in [-0.2, 0) is 20.8 Å². The molecule has 1 aromatic carbocycles. The zero-order valence-electron chi connectivity index (χ0n) is 14.2. The molecule has 2 fully saturated rings. The van der Waals surface area contributed by atoms with Gasteiger partial charge in [0.2, 0.25) is 0 Å². The van der Waals surface area contributed by atoms with Crippen LogP contribution >= 0.6 is 0 Å². The molecule has 0 radical (unpaired) electrons. The Morgan fingerprint density at radius 1 is 1.27 bits per heavy atom. The molecule has 2 aliphatic heterocycles. The fourth-order valence-corrected chi connectivity index (χ4v) is 3.66. The van der Waals surface area contributed by atoms with Gasteiger partial charge in [0.1, 0.15) is 23.6 Å². The van der Waals surface area contributed by atoms with Crippen molar-refractivity contribution in [3.05, 3.63) is 64.6 Å². The van der Waals surface area contributed by atoms with Gasteiger partial charge >= 0.3 is 0 Å². The predicted molar refractivity (Wildman–Crippen MR) is 91.7 cm³/mol. The summed E-state index contributed by atoms with van der Waals surface area (Å²) >= 11 is 0. The van der Waals surface area contributed by atoms with Gasteiger partial charge in [-0.05, 0) is 11.6 Å². The second-order valence-electron chi connectivity index (χ2n) is 6.71. The maximum absolute atomic E-state index is 12.1. The molecular formula is C19H21NO6. The predicted octanol–water partition coefficient (Wildman–Crippen LogP) is 1.19. The van der Waals surface area contributed by atoms with Crippen LogP contribution in [0.1, 0.15) is 18.2 Å². The Morgan fingerprint density at radius 2 is 2.08 bits per heavy atom. The van der Waals surface area contributed by atoms with E-state index in [1.54, 1.807) is 0 Å². The van der Waals surface area contributed by atoms with E-state index in [9.17, 15) is 15.0 Å². The standard InChI is InChI=1S/C19H21NO6/c21-14-6-8-20(15(22)10-14)18-16(23)17-19(26-18,7-9-25-17)12-24-11-13-4-2-1-3-5-13/h1-6,8,10,16-18,21,23H,7,9,11-12H2/t16?,17?,18-,19?/m1/s1. The number of aliphatic hydroxyl groups excluding tert-OH is 1. The molecule has 0 bridgehead atoms. The number of pyridine rings is 1. The van der Waals surface area contributed by atoms with E-state index in [0.717, 1.165) is 11.6 Å². The van der Waals surface area contributed by atoms with Gasteiger partial charge in [0.15, 0.2) is 6.23 Å². The average molecular weight is 359 g/mol. The second-order valence-corrected chi connectivity index (χ2v) is 6.71. The molecular weight excluding hydrogens is 338 g/mol. The summed E-state index contributed by atoms with van der Waals surface area (Å²) in [6.45, 7) is 1.15. The number of benzene rings is 1. The van der Waals surface area contributed by atoms with Gasteiger partial charge in [0.05, 0.1) is 19.8 Å². The highest BCUT2D eigenvalue weighted by Gasteiger charge is 2.59. The highest BCUT2D eigenvalue weighted by Crippen LogP contribution is 2.44. The van der Waals surface area contributed by atoms with Gasteiger partial charge in [-0.15, -0.1) is 0 Å². The number of nitrogens with zero attached hydrogens (tertiary/aromatic N) is 1. The summed E-state index contributed by atoms with van der Waals surface area (Å²) in [5.41, 5.74) is -0.200. The van der Waals surface area contributed by atoms with E-state index in [4.69, 9.17) is 14.2 Å². The van der Waals surface area contributed by atoms with Crippen molar-refractivity contribution in [3.8, 4) is 5.75 Å². The number of rotatable bonds is 5. The van der Waals surface area contributed by atoms with Crippen LogP contribution in [0, 0.1) is 0 Å². The first-order valence-electron chi connectivity index (χ1n) is 8.59. The first-order chi connectivity index (χ1) is 12.6. The first kappa shape index (κ1) is 17.2. The number of hydrogen-bond acceptors (Lipinski definition) is 6. The van der Waals surface area contributed by atoms with E-state index in [-0.39, 0.29) is 12.4 Å². The molecule has 3 unspecified atom stereocenters. The molecule has 2 aliphatic rings. The summed E-state index contributed by atoms with van der Waals surface area (Å²) in [6.07, 6.45) is -0.462. The summed E-state index contributed by atoms with van der Waals surface area (Å²) in [5, 5.41) is 20.1. The average Bonchev–Trinajstić information content (AvgIpc) is 3.15. The molecule has 0 spiro atoms. The van der Waals surface area contributed by atoms with Crippen molar-refractivity contribution in [2.75, 3.05) is 13.2 Å². The summed E-state index contributed by atoms with van der Waals surface area (Å²) in [5.74, 6) is -0.129. The maximum Gasteiger partial charge on any atom is 0.256 e. The van der Waals surface area contributed by atoms with Gasteiger partial charge in [0.25, 0.3) is 5.56 Å². The summed E-state index contributed by atoms with van der Waals surface area (Å²) in [6, 6.07) is 12.3. The van der Waals surface area contributed by atoms with Crippen LogP contribution in [-0.4, -0.2) is 45.8 Å². The van der Waals surface area contributed by atoms with Crippen LogP contribution in [0.3, 0.4) is 0 Å². The molecule has 7 heteroatoms. The quantitative estimate of drug-likeness (QED) is 0.833. The highest BCUT2D eigenvalue weighted by atomic mass is 16.6. The highest BCUT2D eigenvalue weighted by molar-refractivity contribution is 5.17. The van der Waals surface area contributed by atoms with Crippen molar-refractivity contribution >= 4 is 0 Å². The third kappa shape index (κ3) is 3.03. The monoisotopic (exact) mass is 359 g/mol. The Hall–Kier alpha value is -2.19. The summed E-state index contributed by atoms with van der Waals surface area (Å²) in [7, 11) is 0. The third-order valence-electron chi connectivity index (χ3n) is 4.96. The topological polar surface area (TPSA) is 90.2 Å². The number of fused-ring (bicyclic) bond motifs is 1. The molecule has 3 heterocycles. The molecule has 138 valence electrons. The van der Waals surface area contributed by atoms with Crippen LogP contribution in [0.5, 0.6) is 5.75 Å². The number of aliphatic hydroxyl groups is 1. The number of ether oxygens (including phenoxy) is 3. The van der Waals surface area contributed by atoms with Crippen molar-refractivity contribution in [2.45, 2.75) is 37.1 Å². The Balaban J connectivity index is 1.51. The minimum Gasteiger partial charge on any atom is -0.508 e. The fraction of sp³-hybridized carbons (Fsp3) is 0.421. The SMILES string of the molecule is O=c1cc(O)ccn1[C@@H]1OC2(COCc3ccccc3)CCOC2C1O. The lowest BCUT2D eigenvalue weighted by Gasteiger charge is -2.27. The first-order valence-corrected chi connectivity index (χ1v) is 8.59. The number of aromatic hydroxyl groups is 1. The Morgan fingerprint density at radius 3 is 2.85 bits per heavy atom. The third-order valence-corrected chi connectivity index (χ3v) is 4.96. The fourth-order valence-electron chi connectivity index (χ4n) is 3.66. The number of hydrogen-bond donors (Lipinski definition) is 2. The van der Waals surface area contributed by atoms with Crippen molar-refractivity contribution in [3.63, 3.8) is 0 Å². The summed E-state index contributed by atoms with van der Waals surface area (Å²) < 4.78 is 18.9. The van der Waals surface area contributed by atoms with E-state index in [1.165, 1.54) is 16.8 Å². The summed E-state index contributed by atoms with van der Waals surface area (Å²) in [4.78, 5) is 12.1. The molecule has 2 saturated heterocycles. The lowest BCUT2D eigenvalue weighted by molar-refractivity contribution is -0.125. The van der Waals surface area contributed by atoms with E-state index < -0.39 is 29.6 Å². The Labute approximate surface area is 150 Å². The van der Waals surface area contributed by atoms with Crippen LogP contribution < -0.4 is 5.56 Å². The zero-order valence-corrected chi connectivity index (χ0v) is 14.2. The van der Waals surface area contributed by atoms with Crippen LogP contribution in [0.4, 0.5) is 0 Å². The van der Waals surface area contributed by atoms with Gasteiger partial charge < -0.3 is 24.4 Å². The maximum atomic E-state index is 12.1. The smallest absolute Gasteiger partial charge is 0.256 e. The van der Waals surface area contributed by atoms with Crippen LogP contribution in [0.15, 0.2) is 53.5 Å². The van der Waals surface area contributed by atoms with Gasteiger partial charge in [-0.1, -0.05) is 30.3 Å². The van der Waals surface area contributed by atoms with Crippen molar-refractivity contribution in [1.29, 1.82) is 0 Å². The van der Waals surface area contributed by atoms with Crippen molar-refractivity contribution in [1.82, 2.24) is 4.57 Å². The van der Waals surface area contributed by atoms with E-state index in [1.807, 2.05) is 30.3 Å². The molecule has 2 aromatic rings. The minimum atomic E-state index is -1.000. The van der Waals surface area contributed by atoms with E-state index in [0.29, 0.717) is 19.6 Å². The minimum absolute atomic E-state index is 0.129. The van der Waals surface area contributed by atoms with Gasteiger partial charge in [-0.3, -0.25) is 9.36 Å². The van der Waals surface area contributed by atoms with E-state index in [2.05, 4.69) is 0 Å². The molecule has 0 saturated carbocycles. The second kappa shape index (κ2) is 6.85. The lowest BCUT2D eigenvalue weighted by atomic mass is 9.95. The molecule has 26 heavy (non-hydrogen) atoms. The molecule has 7 nitrogen and oxygen atoms in total.